The first-order valence-corrected chi connectivity index (χ1v) is 11.4. The number of nitrogens with zero attached hydrogens (tertiary/aromatic N) is 4. The van der Waals surface area contributed by atoms with Crippen LogP contribution in [0, 0.1) is 15.5 Å². The second-order valence-corrected chi connectivity index (χ2v) is 8.27. The minimum absolute atomic E-state index is 0.0107. The number of nitro groups is 1. The number of non-ortho nitro benzene ring substituents is 1. The first kappa shape index (κ1) is 24.0. The Hall–Kier alpha value is -4.19. The number of hydrazone groups is 1. The number of hydrogen-bond donors (Lipinski definition) is 1. The number of methoxy groups -OCH3 is 1. The smallest absolute Gasteiger partial charge is 0.283 e. The van der Waals surface area contributed by atoms with Gasteiger partial charge in [0, 0.05) is 12.1 Å². The molecule has 0 unspecified atom stereocenters. The summed E-state index contributed by atoms with van der Waals surface area (Å²) in [5, 5.41) is 26.0. The molecule has 4 rings (SSSR count). The standard InChI is InChI=1S/C23H21N5O6S/c1-3-20-26-27-21(24)17(22(29)25-23(27)35-20)12-14-4-9-18(19(13-14)32-2)34-11-10-33-16-7-5-15(6-8-16)28(30)31/h4-9,12-13,24H,3,10-11H2,1-2H3/b17-12+,24-21?. The van der Waals surface area contributed by atoms with Crippen molar-refractivity contribution in [2.75, 3.05) is 20.3 Å². The number of ether oxygens (including phenoxy) is 3. The van der Waals surface area contributed by atoms with E-state index in [4.69, 9.17) is 19.6 Å². The van der Waals surface area contributed by atoms with Gasteiger partial charge in [0.05, 0.1) is 17.6 Å². The number of benzene rings is 2. The van der Waals surface area contributed by atoms with Gasteiger partial charge in [-0.25, -0.2) is 0 Å². The molecule has 0 saturated carbocycles. The molecule has 0 fully saturated rings. The molecule has 11 nitrogen and oxygen atoms in total. The van der Waals surface area contributed by atoms with E-state index in [0.717, 1.165) is 5.04 Å². The van der Waals surface area contributed by atoms with Gasteiger partial charge in [-0.15, -0.1) is 0 Å². The Morgan fingerprint density at radius 3 is 2.57 bits per heavy atom. The van der Waals surface area contributed by atoms with Crippen molar-refractivity contribution < 1.29 is 23.9 Å². The Morgan fingerprint density at radius 1 is 1.14 bits per heavy atom. The number of carbonyl (C=O) groups excluding carboxylic acids is 1. The zero-order valence-corrected chi connectivity index (χ0v) is 19.7. The number of carbonyl (C=O) groups is 1. The van der Waals surface area contributed by atoms with Crippen LogP contribution in [0.1, 0.15) is 18.9 Å². The second-order valence-electron chi connectivity index (χ2n) is 7.23. The van der Waals surface area contributed by atoms with Crippen LogP contribution in [0.5, 0.6) is 17.2 Å². The number of hydrogen-bond acceptors (Lipinski definition) is 9. The molecule has 0 atom stereocenters. The molecule has 1 amide bonds. The highest BCUT2D eigenvalue weighted by Crippen LogP contribution is 2.32. The maximum atomic E-state index is 12.5. The molecule has 0 saturated heterocycles. The summed E-state index contributed by atoms with van der Waals surface area (Å²) in [4.78, 5) is 26.8. The van der Waals surface area contributed by atoms with Crippen molar-refractivity contribution in [2.45, 2.75) is 13.3 Å². The van der Waals surface area contributed by atoms with E-state index >= 15 is 0 Å². The van der Waals surface area contributed by atoms with Gasteiger partial charge in [0.2, 0.25) is 5.17 Å². The lowest BCUT2D eigenvalue weighted by atomic mass is 10.1. The minimum atomic E-state index is -0.496. The molecule has 2 aliphatic heterocycles. The lowest BCUT2D eigenvalue weighted by Crippen LogP contribution is -2.35. The number of nitrogens with one attached hydrogen (secondary N) is 1. The van der Waals surface area contributed by atoms with Gasteiger partial charge in [-0.3, -0.25) is 20.3 Å². The van der Waals surface area contributed by atoms with Crippen LogP contribution in [0.15, 0.2) is 58.1 Å². The molecule has 0 bridgehead atoms. The van der Waals surface area contributed by atoms with E-state index in [1.807, 2.05) is 6.92 Å². The monoisotopic (exact) mass is 495 g/mol. The van der Waals surface area contributed by atoms with Crippen LogP contribution in [-0.2, 0) is 4.79 Å². The molecular weight excluding hydrogens is 474 g/mol. The zero-order chi connectivity index (χ0) is 24.9. The fourth-order valence-electron chi connectivity index (χ4n) is 3.21. The first-order chi connectivity index (χ1) is 16.9. The molecule has 2 aromatic carbocycles. The van der Waals surface area contributed by atoms with Crippen LogP contribution in [0.4, 0.5) is 5.69 Å². The molecule has 2 aromatic rings. The summed E-state index contributed by atoms with van der Waals surface area (Å²) in [5.41, 5.74) is 0.751. The summed E-state index contributed by atoms with van der Waals surface area (Å²) in [7, 11) is 1.50. The van der Waals surface area contributed by atoms with Crippen LogP contribution >= 0.6 is 11.8 Å². The highest BCUT2D eigenvalue weighted by molar-refractivity contribution is 8.26. The number of aliphatic imine (C=N–C) groups is 1. The molecule has 12 heteroatoms. The van der Waals surface area contributed by atoms with Gasteiger partial charge in [-0.2, -0.15) is 15.1 Å². The third kappa shape index (κ3) is 5.32. The highest BCUT2D eigenvalue weighted by atomic mass is 32.2. The zero-order valence-electron chi connectivity index (χ0n) is 18.9. The molecule has 0 aliphatic carbocycles. The molecule has 2 aliphatic rings. The predicted octanol–water partition coefficient (Wildman–Crippen LogP) is 4.09. The summed E-state index contributed by atoms with van der Waals surface area (Å²) >= 11 is 1.29. The Bertz CT molecular complexity index is 1270. The molecule has 180 valence electrons. The van der Waals surface area contributed by atoms with Crippen molar-refractivity contribution in [2.24, 2.45) is 10.1 Å². The van der Waals surface area contributed by atoms with E-state index in [9.17, 15) is 14.9 Å². The van der Waals surface area contributed by atoms with Gasteiger partial charge in [-0.1, -0.05) is 13.0 Å². The van der Waals surface area contributed by atoms with Crippen LogP contribution in [0.3, 0.4) is 0 Å². The predicted molar refractivity (Wildman–Crippen MR) is 132 cm³/mol. The number of amides is 1. The molecule has 35 heavy (non-hydrogen) atoms. The average molecular weight is 496 g/mol. The Balaban J connectivity index is 1.40. The Kier molecular flexibility index (Phi) is 7.11. The van der Waals surface area contributed by atoms with Crippen molar-refractivity contribution in [3.63, 3.8) is 0 Å². The molecule has 0 radical (unpaired) electrons. The third-order valence-electron chi connectivity index (χ3n) is 4.95. The molecule has 1 N–H and O–H groups in total. The summed E-state index contributed by atoms with van der Waals surface area (Å²) in [6.07, 6.45) is 2.26. The first-order valence-electron chi connectivity index (χ1n) is 10.6. The van der Waals surface area contributed by atoms with Gasteiger partial charge in [0.25, 0.3) is 11.6 Å². The lowest BCUT2D eigenvalue weighted by Gasteiger charge is -2.20. The summed E-state index contributed by atoms with van der Waals surface area (Å²) in [6, 6.07) is 10.9. The summed E-state index contributed by atoms with van der Waals surface area (Å²) in [5.74, 6) is 0.880. The molecule has 2 heterocycles. The van der Waals surface area contributed by atoms with Crippen LogP contribution in [-0.4, -0.2) is 52.2 Å². The number of amidine groups is 2. The number of nitro benzene ring substituents is 1. The van der Waals surface area contributed by atoms with Crippen molar-refractivity contribution >= 4 is 45.5 Å². The van der Waals surface area contributed by atoms with Crippen LogP contribution in [0.2, 0.25) is 0 Å². The SMILES string of the molecule is CCC1=NN2C(=N)/C(=C\c3ccc(OCCOc4ccc([N+](=O)[O-])cc4)c(OC)c3)C(=O)N=C2S1. The van der Waals surface area contributed by atoms with Crippen LogP contribution < -0.4 is 14.2 Å². The topological polar surface area (TPSA) is 140 Å². The van der Waals surface area contributed by atoms with E-state index in [2.05, 4.69) is 10.1 Å². The van der Waals surface area contributed by atoms with Crippen molar-refractivity contribution in [1.82, 2.24) is 5.01 Å². The van der Waals surface area contributed by atoms with Gasteiger partial charge in [-0.05, 0) is 54.1 Å². The average Bonchev–Trinajstić information content (AvgIpc) is 3.28. The van der Waals surface area contributed by atoms with Crippen molar-refractivity contribution in [3.8, 4) is 17.2 Å². The highest BCUT2D eigenvalue weighted by Gasteiger charge is 2.35. The number of rotatable bonds is 9. The van der Waals surface area contributed by atoms with E-state index in [1.165, 1.54) is 48.1 Å². The van der Waals surface area contributed by atoms with E-state index in [-0.39, 0.29) is 30.3 Å². The fraction of sp³-hybridized carbons (Fsp3) is 0.217. The molecule has 0 spiro atoms. The molecular formula is C23H21N5O6S. The number of fused-ring (bicyclic) bond motifs is 1. The van der Waals surface area contributed by atoms with Gasteiger partial charge < -0.3 is 14.2 Å². The normalized spacial score (nSPS) is 16.1. The maximum absolute atomic E-state index is 12.5. The van der Waals surface area contributed by atoms with Crippen LogP contribution in [0.25, 0.3) is 6.08 Å². The quantitative estimate of drug-likeness (QED) is 0.237. The number of thioether (sulfide) groups is 1. The Morgan fingerprint density at radius 2 is 1.89 bits per heavy atom. The third-order valence-corrected chi connectivity index (χ3v) is 6.01. The van der Waals surface area contributed by atoms with E-state index in [0.29, 0.717) is 34.4 Å². The summed E-state index contributed by atoms with van der Waals surface area (Å²) in [6.45, 7) is 2.37. The van der Waals surface area contributed by atoms with Gasteiger partial charge in [0.15, 0.2) is 17.3 Å². The summed E-state index contributed by atoms with van der Waals surface area (Å²) < 4.78 is 16.7. The van der Waals surface area contributed by atoms with Gasteiger partial charge >= 0.3 is 0 Å². The largest absolute Gasteiger partial charge is 0.493 e. The van der Waals surface area contributed by atoms with E-state index < -0.39 is 10.8 Å². The fourth-order valence-corrected chi connectivity index (χ4v) is 4.03. The lowest BCUT2D eigenvalue weighted by molar-refractivity contribution is -0.384. The van der Waals surface area contributed by atoms with E-state index in [1.54, 1.807) is 24.3 Å². The van der Waals surface area contributed by atoms with Crippen molar-refractivity contribution in [3.05, 3.63) is 63.7 Å². The maximum Gasteiger partial charge on any atom is 0.283 e. The van der Waals surface area contributed by atoms with Crippen molar-refractivity contribution in [1.29, 1.82) is 5.41 Å². The minimum Gasteiger partial charge on any atom is -0.493 e. The molecule has 0 aromatic heterocycles. The second kappa shape index (κ2) is 10.4. The Labute approximate surface area is 204 Å². The van der Waals surface area contributed by atoms with Gasteiger partial charge in [0.1, 0.15) is 24.0 Å².